The lowest BCUT2D eigenvalue weighted by Gasteiger charge is -2.31. The van der Waals surface area contributed by atoms with E-state index in [2.05, 4.69) is 61.2 Å². The van der Waals surface area contributed by atoms with Gasteiger partial charge in [0.15, 0.2) is 0 Å². The molecule has 2 aromatic carbocycles. The van der Waals surface area contributed by atoms with Crippen LogP contribution < -0.4 is 0 Å². The molecule has 0 bridgehead atoms. The van der Waals surface area contributed by atoms with Crippen molar-refractivity contribution in [1.29, 1.82) is 5.26 Å². The Morgan fingerprint density at radius 2 is 1.57 bits per heavy atom. The van der Waals surface area contributed by atoms with Gasteiger partial charge in [-0.2, -0.15) is 18.4 Å². The Balaban J connectivity index is 0.00000137. The van der Waals surface area contributed by atoms with Crippen molar-refractivity contribution in [1.82, 2.24) is 4.90 Å². The van der Waals surface area contributed by atoms with E-state index in [9.17, 15) is 13.2 Å². The van der Waals surface area contributed by atoms with Gasteiger partial charge in [0.25, 0.3) is 0 Å². The number of rotatable bonds is 11. The lowest BCUT2D eigenvalue weighted by atomic mass is 9.87. The summed E-state index contributed by atoms with van der Waals surface area (Å²) in [5.41, 5.74) is 3.47. The molecule has 3 unspecified atom stereocenters. The van der Waals surface area contributed by atoms with Crippen molar-refractivity contribution in [3.05, 3.63) is 71.3 Å². The second kappa shape index (κ2) is 14.9. The highest BCUT2D eigenvalue weighted by molar-refractivity contribution is 5.27. The molecule has 2 nitrogen and oxygen atoms in total. The Kier molecular flexibility index (Phi) is 12.3. The van der Waals surface area contributed by atoms with E-state index in [0.717, 1.165) is 50.8 Å². The third-order valence-electron chi connectivity index (χ3n) is 7.14. The summed E-state index contributed by atoms with van der Waals surface area (Å²) in [4.78, 5) is 2.62. The zero-order chi connectivity index (χ0) is 25.7. The van der Waals surface area contributed by atoms with Crippen LogP contribution in [-0.4, -0.2) is 30.2 Å². The standard InChI is InChI=1S/C28H38F3N.C2H3N/c1-3-20-32(21-19-22-9-6-5-7-10-22)25(4-2)18-15-23-13-16-24(17-14-23)26-11-8-12-27(26)28(29,30)31;1-2-3/h5-7,9-10,13-14,16-17,25-27H,3-4,8,11-12,15,18-21H2,1-2H3;1H3. The van der Waals surface area contributed by atoms with Gasteiger partial charge >= 0.3 is 6.18 Å². The maximum atomic E-state index is 13.3. The first kappa shape index (κ1) is 28.9. The third-order valence-corrected chi connectivity index (χ3v) is 7.14. The minimum absolute atomic E-state index is 0.268. The molecule has 0 aliphatic heterocycles. The van der Waals surface area contributed by atoms with Gasteiger partial charge in [-0.3, -0.25) is 0 Å². The summed E-state index contributed by atoms with van der Waals surface area (Å²) in [6, 6.07) is 20.9. The van der Waals surface area contributed by atoms with Crippen LogP contribution in [0.1, 0.15) is 81.9 Å². The van der Waals surface area contributed by atoms with Crippen molar-refractivity contribution in [3.8, 4) is 6.07 Å². The van der Waals surface area contributed by atoms with Crippen LogP contribution in [0.2, 0.25) is 0 Å². The fraction of sp³-hybridized carbons (Fsp3) is 0.567. The molecular formula is C30H41F3N2. The summed E-state index contributed by atoms with van der Waals surface area (Å²) in [5.74, 6) is -1.55. The van der Waals surface area contributed by atoms with Crippen LogP contribution in [-0.2, 0) is 12.8 Å². The molecule has 0 spiro atoms. The first-order valence-electron chi connectivity index (χ1n) is 13.1. The predicted molar refractivity (Wildman–Crippen MR) is 138 cm³/mol. The highest BCUT2D eigenvalue weighted by atomic mass is 19.4. The Morgan fingerprint density at radius 1 is 0.943 bits per heavy atom. The second-order valence-electron chi connectivity index (χ2n) is 9.52. The van der Waals surface area contributed by atoms with Gasteiger partial charge in [0.05, 0.1) is 12.0 Å². The molecule has 0 aromatic heterocycles. The lowest BCUT2D eigenvalue weighted by molar-refractivity contribution is -0.176. The van der Waals surface area contributed by atoms with E-state index < -0.39 is 12.1 Å². The molecule has 0 saturated heterocycles. The summed E-state index contributed by atoms with van der Waals surface area (Å²) in [7, 11) is 0. The molecule has 0 N–H and O–H groups in total. The monoisotopic (exact) mass is 486 g/mol. The summed E-state index contributed by atoms with van der Waals surface area (Å²) in [6.45, 7) is 8.09. The van der Waals surface area contributed by atoms with E-state index in [-0.39, 0.29) is 12.3 Å². The Labute approximate surface area is 210 Å². The molecule has 0 radical (unpaired) electrons. The quantitative estimate of drug-likeness (QED) is 0.319. The number of halogens is 3. The van der Waals surface area contributed by atoms with E-state index in [1.807, 2.05) is 12.1 Å². The molecule has 192 valence electrons. The van der Waals surface area contributed by atoms with E-state index in [0.29, 0.717) is 18.9 Å². The lowest BCUT2D eigenvalue weighted by Crippen LogP contribution is -2.37. The highest BCUT2D eigenvalue weighted by Gasteiger charge is 2.47. The number of benzene rings is 2. The number of aryl methyl sites for hydroxylation is 1. The first-order chi connectivity index (χ1) is 16.8. The summed E-state index contributed by atoms with van der Waals surface area (Å²) in [6.07, 6.45) is 2.87. The van der Waals surface area contributed by atoms with Gasteiger partial charge in [-0.1, -0.05) is 74.9 Å². The maximum Gasteiger partial charge on any atom is 0.392 e. The average molecular weight is 487 g/mol. The summed E-state index contributed by atoms with van der Waals surface area (Å²) >= 11 is 0. The van der Waals surface area contributed by atoms with E-state index in [1.54, 1.807) is 6.07 Å². The smallest absolute Gasteiger partial charge is 0.300 e. The molecule has 1 saturated carbocycles. The summed E-state index contributed by atoms with van der Waals surface area (Å²) in [5, 5.41) is 7.32. The molecule has 35 heavy (non-hydrogen) atoms. The van der Waals surface area contributed by atoms with E-state index >= 15 is 0 Å². The normalized spacial score (nSPS) is 18.6. The van der Waals surface area contributed by atoms with Gasteiger partial charge in [0, 0.05) is 19.5 Å². The average Bonchev–Trinajstić information content (AvgIpc) is 3.35. The first-order valence-corrected chi connectivity index (χ1v) is 13.1. The van der Waals surface area contributed by atoms with Crippen LogP contribution in [0.4, 0.5) is 13.2 Å². The second-order valence-corrected chi connectivity index (χ2v) is 9.52. The number of nitriles is 1. The SMILES string of the molecule is CC#N.CCCN(CCc1ccccc1)C(CC)CCc1ccc(C2CCCC2C(F)(F)F)cc1. The van der Waals surface area contributed by atoms with Crippen LogP contribution >= 0.6 is 0 Å². The molecular weight excluding hydrogens is 445 g/mol. The molecule has 1 fully saturated rings. The van der Waals surface area contributed by atoms with Gasteiger partial charge < -0.3 is 4.90 Å². The highest BCUT2D eigenvalue weighted by Crippen LogP contribution is 2.48. The van der Waals surface area contributed by atoms with Crippen molar-refractivity contribution < 1.29 is 13.2 Å². The van der Waals surface area contributed by atoms with E-state index in [4.69, 9.17) is 5.26 Å². The van der Waals surface area contributed by atoms with Gasteiger partial charge in [-0.05, 0) is 74.1 Å². The van der Waals surface area contributed by atoms with Crippen molar-refractivity contribution in [2.75, 3.05) is 13.1 Å². The van der Waals surface area contributed by atoms with Gasteiger partial charge in [0.2, 0.25) is 0 Å². The molecule has 5 heteroatoms. The predicted octanol–water partition coefficient (Wildman–Crippen LogP) is 8.33. The van der Waals surface area contributed by atoms with Crippen LogP contribution in [0.25, 0.3) is 0 Å². The Hall–Kier alpha value is -2.32. The number of hydrogen-bond acceptors (Lipinski definition) is 2. The minimum atomic E-state index is -4.09. The Bertz CT molecular complexity index is 871. The zero-order valence-electron chi connectivity index (χ0n) is 21.5. The van der Waals surface area contributed by atoms with E-state index in [1.165, 1.54) is 18.1 Å². The molecule has 3 rings (SSSR count). The van der Waals surface area contributed by atoms with Gasteiger partial charge in [0.1, 0.15) is 0 Å². The molecule has 0 amide bonds. The molecule has 3 atom stereocenters. The zero-order valence-corrected chi connectivity index (χ0v) is 21.5. The van der Waals surface area contributed by atoms with Gasteiger partial charge in [-0.15, -0.1) is 0 Å². The van der Waals surface area contributed by atoms with Crippen LogP contribution in [0, 0.1) is 17.2 Å². The third kappa shape index (κ3) is 9.33. The molecule has 2 aromatic rings. The fourth-order valence-electron chi connectivity index (χ4n) is 5.34. The van der Waals surface area contributed by atoms with Crippen LogP contribution in [0.15, 0.2) is 54.6 Å². The number of hydrogen-bond donors (Lipinski definition) is 0. The van der Waals surface area contributed by atoms with Crippen LogP contribution in [0.5, 0.6) is 0 Å². The Morgan fingerprint density at radius 3 is 2.14 bits per heavy atom. The minimum Gasteiger partial charge on any atom is -0.300 e. The fourth-order valence-corrected chi connectivity index (χ4v) is 5.34. The molecule has 0 heterocycles. The maximum absolute atomic E-state index is 13.3. The van der Waals surface area contributed by atoms with Gasteiger partial charge in [-0.25, -0.2) is 0 Å². The topological polar surface area (TPSA) is 27.0 Å². The van der Waals surface area contributed by atoms with Crippen molar-refractivity contribution in [2.45, 2.75) is 90.3 Å². The summed E-state index contributed by atoms with van der Waals surface area (Å²) < 4.78 is 40.0. The van der Waals surface area contributed by atoms with Crippen molar-refractivity contribution in [2.24, 2.45) is 5.92 Å². The van der Waals surface area contributed by atoms with Crippen LogP contribution in [0.3, 0.4) is 0 Å². The molecule has 1 aliphatic carbocycles. The van der Waals surface area contributed by atoms with Crippen molar-refractivity contribution in [3.63, 3.8) is 0 Å². The molecule has 1 aliphatic rings. The largest absolute Gasteiger partial charge is 0.392 e. The number of alkyl halides is 3. The number of nitrogens with zero attached hydrogens (tertiary/aromatic N) is 2. The van der Waals surface area contributed by atoms with Crippen molar-refractivity contribution >= 4 is 0 Å².